The van der Waals surface area contributed by atoms with Gasteiger partial charge in [-0.15, -0.1) is 0 Å². The molecule has 0 aromatic rings. The Morgan fingerprint density at radius 1 is 1.20 bits per heavy atom. The molecule has 0 bridgehead atoms. The van der Waals surface area contributed by atoms with E-state index in [4.69, 9.17) is 4.74 Å². The van der Waals surface area contributed by atoms with Crippen LogP contribution in [0.5, 0.6) is 0 Å². The molecule has 0 heterocycles. The highest BCUT2D eigenvalue weighted by molar-refractivity contribution is 4.82. The fraction of sp³-hybridized carbons (Fsp3) is 1.00. The van der Waals surface area contributed by atoms with Crippen LogP contribution >= 0.6 is 0 Å². The molecular formula is C13H26O2. The summed E-state index contributed by atoms with van der Waals surface area (Å²) in [5.74, 6) is 2.28. The van der Waals surface area contributed by atoms with Gasteiger partial charge in [0.1, 0.15) is 0 Å². The second-order valence-electron chi connectivity index (χ2n) is 5.60. The molecule has 0 amide bonds. The van der Waals surface area contributed by atoms with Gasteiger partial charge < -0.3 is 9.84 Å². The lowest BCUT2D eigenvalue weighted by Gasteiger charge is -2.36. The van der Waals surface area contributed by atoms with Crippen LogP contribution in [-0.4, -0.2) is 24.9 Å². The zero-order valence-corrected chi connectivity index (χ0v) is 10.6. The first kappa shape index (κ1) is 13.0. The summed E-state index contributed by atoms with van der Waals surface area (Å²) in [6.45, 7) is 7.35. The van der Waals surface area contributed by atoms with E-state index < -0.39 is 0 Å². The minimum Gasteiger partial charge on any atom is -0.392 e. The van der Waals surface area contributed by atoms with Crippen molar-refractivity contribution in [2.45, 2.75) is 46.1 Å². The lowest BCUT2D eigenvalue weighted by atomic mass is 9.72. The topological polar surface area (TPSA) is 29.5 Å². The van der Waals surface area contributed by atoms with Crippen molar-refractivity contribution in [2.75, 3.05) is 13.7 Å². The van der Waals surface area contributed by atoms with Crippen LogP contribution in [0.25, 0.3) is 0 Å². The van der Waals surface area contributed by atoms with Gasteiger partial charge in [0.15, 0.2) is 0 Å². The summed E-state index contributed by atoms with van der Waals surface area (Å²) < 4.78 is 5.11. The lowest BCUT2D eigenvalue weighted by Crippen LogP contribution is -2.35. The standard InChI is InChI=1S/C13H26O2/c1-9-5-10(2)7-12(6-9)13(14)11(3)8-15-4/h9-14H,5-8H2,1-4H3. The largest absolute Gasteiger partial charge is 0.392 e. The quantitative estimate of drug-likeness (QED) is 0.779. The minimum absolute atomic E-state index is 0.185. The lowest BCUT2D eigenvalue weighted by molar-refractivity contribution is -0.00793. The molecule has 1 rings (SSSR count). The van der Waals surface area contributed by atoms with E-state index in [0.717, 1.165) is 11.8 Å². The van der Waals surface area contributed by atoms with Crippen molar-refractivity contribution in [1.29, 1.82) is 0 Å². The van der Waals surface area contributed by atoms with E-state index in [1.807, 2.05) is 0 Å². The average molecular weight is 214 g/mol. The van der Waals surface area contributed by atoms with Crippen molar-refractivity contribution in [3.8, 4) is 0 Å². The maximum absolute atomic E-state index is 10.2. The van der Waals surface area contributed by atoms with E-state index in [-0.39, 0.29) is 12.0 Å². The van der Waals surface area contributed by atoms with E-state index in [1.165, 1.54) is 19.3 Å². The van der Waals surface area contributed by atoms with E-state index in [0.29, 0.717) is 12.5 Å². The predicted octanol–water partition coefficient (Wildman–Crippen LogP) is 2.70. The molecule has 0 radical (unpaired) electrons. The Balaban J connectivity index is 2.47. The van der Waals surface area contributed by atoms with Crippen molar-refractivity contribution in [3.63, 3.8) is 0 Å². The summed E-state index contributed by atoms with van der Waals surface area (Å²) in [4.78, 5) is 0. The normalized spacial score (nSPS) is 36.2. The van der Waals surface area contributed by atoms with Crippen LogP contribution in [0.2, 0.25) is 0 Å². The third-order valence-corrected chi connectivity index (χ3v) is 3.71. The molecule has 4 unspecified atom stereocenters. The highest BCUT2D eigenvalue weighted by atomic mass is 16.5. The second-order valence-corrected chi connectivity index (χ2v) is 5.60. The van der Waals surface area contributed by atoms with Crippen molar-refractivity contribution >= 4 is 0 Å². The third kappa shape index (κ3) is 3.76. The molecule has 2 nitrogen and oxygen atoms in total. The fourth-order valence-electron chi connectivity index (χ4n) is 3.11. The van der Waals surface area contributed by atoms with Crippen LogP contribution in [0.3, 0.4) is 0 Å². The number of methoxy groups -OCH3 is 1. The maximum atomic E-state index is 10.2. The van der Waals surface area contributed by atoms with E-state index in [9.17, 15) is 5.11 Å². The van der Waals surface area contributed by atoms with Gasteiger partial charge in [0.2, 0.25) is 0 Å². The second kappa shape index (κ2) is 5.86. The van der Waals surface area contributed by atoms with Crippen molar-refractivity contribution < 1.29 is 9.84 Å². The SMILES string of the molecule is COCC(C)C(O)C1CC(C)CC(C)C1. The summed E-state index contributed by atoms with van der Waals surface area (Å²) in [6, 6.07) is 0. The number of rotatable bonds is 4. The van der Waals surface area contributed by atoms with Gasteiger partial charge in [-0.25, -0.2) is 0 Å². The van der Waals surface area contributed by atoms with Crippen LogP contribution < -0.4 is 0 Å². The summed E-state index contributed by atoms with van der Waals surface area (Å²) in [5, 5.41) is 10.2. The van der Waals surface area contributed by atoms with Gasteiger partial charge in [0.05, 0.1) is 12.7 Å². The minimum atomic E-state index is -0.185. The van der Waals surface area contributed by atoms with E-state index in [1.54, 1.807) is 7.11 Å². The number of hydrogen-bond donors (Lipinski definition) is 1. The molecule has 1 fully saturated rings. The number of aliphatic hydroxyl groups excluding tert-OH is 1. The first-order valence-electron chi connectivity index (χ1n) is 6.21. The zero-order chi connectivity index (χ0) is 11.4. The van der Waals surface area contributed by atoms with Gasteiger partial charge in [-0.2, -0.15) is 0 Å². The molecule has 0 saturated heterocycles. The molecule has 4 atom stereocenters. The summed E-state index contributed by atoms with van der Waals surface area (Å²) in [6.07, 6.45) is 3.50. The van der Waals surface area contributed by atoms with Crippen LogP contribution in [0, 0.1) is 23.7 Å². The van der Waals surface area contributed by atoms with Gasteiger partial charge in [-0.3, -0.25) is 0 Å². The fourth-order valence-corrected chi connectivity index (χ4v) is 3.11. The first-order valence-corrected chi connectivity index (χ1v) is 6.21. The highest BCUT2D eigenvalue weighted by Gasteiger charge is 2.31. The molecular weight excluding hydrogens is 188 g/mol. The molecule has 1 aliphatic carbocycles. The Labute approximate surface area is 94.0 Å². The van der Waals surface area contributed by atoms with Crippen molar-refractivity contribution in [2.24, 2.45) is 23.7 Å². The van der Waals surface area contributed by atoms with Crippen molar-refractivity contribution in [3.05, 3.63) is 0 Å². The number of hydrogen-bond acceptors (Lipinski definition) is 2. The Morgan fingerprint density at radius 2 is 1.73 bits per heavy atom. The molecule has 1 N–H and O–H groups in total. The number of aliphatic hydroxyl groups is 1. The molecule has 0 aliphatic heterocycles. The van der Waals surface area contributed by atoms with Gasteiger partial charge in [0.25, 0.3) is 0 Å². The molecule has 0 aromatic heterocycles. The molecule has 1 aliphatic rings. The highest BCUT2D eigenvalue weighted by Crippen LogP contribution is 2.36. The summed E-state index contributed by atoms with van der Waals surface area (Å²) >= 11 is 0. The Bertz CT molecular complexity index is 171. The Hall–Kier alpha value is -0.0800. The number of ether oxygens (including phenoxy) is 1. The van der Waals surface area contributed by atoms with Gasteiger partial charge in [0, 0.05) is 13.0 Å². The summed E-state index contributed by atoms with van der Waals surface area (Å²) in [5.41, 5.74) is 0. The first-order chi connectivity index (χ1) is 7.04. The molecule has 15 heavy (non-hydrogen) atoms. The van der Waals surface area contributed by atoms with Gasteiger partial charge in [-0.1, -0.05) is 20.8 Å². The molecule has 1 saturated carbocycles. The molecule has 0 spiro atoms. The third-order valence-electron chi connectivity index (χ3n) is 3.71. The zero-order valence-electron chi connectivity index (χ0n) is 10.6. The Kier molecular flexibility index (Phi) is 5.07. The van der Waals surface area contributed by atoms with Crippen LogP contribution in [0.4, 0.5) is 0 Å². The molecule has 2 heteroatoms. The van der Waals surface area contributed by atoms with Crippen molar-refractivity contribution in [1.82, 2.24) is 0 Å². The predicted molar refractivity (Wildman–Crippen MR) is 62.7 cm³/mol. The van der Waals surface area contributed by atoms with Gasteiger partial charge in [-0.05, 0) is 37.0 Å². The Morgan fingerprint density at radius 3 is 2.20 bits per heavy atom. The van der Waals surface area contributed by atoms with E-state index in [2.05, 4.69) is 20.8 Å². The summed E-state index contributed by atoms with van der Waals surface area (Å²) in [7, 11) is 1.70. The monoisotopic (exact) mass is 214 g/mol. The van der Waals surface area contributed by atoms with Crippen LogP contribution in [-0.2, 0) is 4.74 Å². The average Bonchev–Trinajstić information content (AvgIpc) is 2.15. The van der Waals surface area contributed by atoms with Crippen LogP contribution in [0.1, 0.15) is 40.0 Å². The van der Waals surface area contributed by atoms with Crippen LogP contribution in [0.15, 0.2) is 0 Å². The van der Waals surface area contributed by atoms with E-state index >= 15 is 0 Å². The van der Waals surface area contributed by atoms with Gasteiger partial charge >= 0.3 is 0 Å². The molecule has 0 aromatic carbocycles. The molecule has 90 valence electrons. The smallest absolute Gasteiger partial charge is 0.0616 e. The maximum Gasteiger partial charge on any atom is 0.0616 e.